The number of carbonyl (C=O) groups is 2. The molecule has 2 amide bonds. The predicted molar refractivity (Wildman–Crippen MR) is 60.0 cm³/mol. The number of nitrogens with zero attached hydrogens (tertiary/aromatic N) is 3. The van der Waals surface area contributed by atoms with Crippen molar-refractivity contribution in [3.05, 3.63) is 30.5 Å². The quantitative estimate of drug-likeness (QED) is 0.724. The number of allylic oxidation sites excluding steroid dienone is 1. The van der Waals surface area contributed by atoms with Crippen molar-refractivity contribution in [3.8, 4) is 0 Å². The minimum Gasteiger partial charge on any atom is -0.335 e. The lowest BCUT2D eigenvalue weighted by molar-refractivity contribution is -0.135. The molecule has 92 valence electrons. The molecule has 3 heterocycles. The van der Waals surface area contributed by atoms with Gasteiger partial charge in [0.1, 0.15) is 5.54 Å². The topological polar surface area (TPSA) is 96.9 Å². The van der Waals surface area contributed by atoms with Gasteiger partial charge >= 0.3 is 0 Å². The maximum absolute atomic E-state index is 11.9. The van der Waals surface area contributed by atoms with E-state index < -0.39 is 11.4 Å². The molecule has 7 heteroatoms. The molecular formula is C11H11N5O2. The van der Waals surface area contributed by atoms with Gasteiger partial charge in [-0.2, -0.15) is 5.10 Å². The second-order valence-electron chi connectivity index (χ2n) is 4.59. The Morgan fingerprint density at radius 1 is 1.50 bits per heavy atom. The van der Waals surface area contributed by atoms with Crippen molar-refractivity contribution < 1.29 is 9.59 Å². The number of hydrogen-bond acceptors (Lipinski definition) is 5. The van der Waals surface area contributed by atoms with E-state index in [0.717, 1.165) is 5.70 Å². The summed E-state index contributed by atoms with van der Waals surface area (Å²) in [7, 11) is 0. The number of piperidine rings is 2. The zero-order valence-corrected chi connectivity index (χ0v) is 9.51. The van der Waals surface area contributed by atoms with E-state index in [0.29, 0.717) is 12.8 Å². The summed E-state index contributed by atoms with van der Waals surface area (Å²) < 4.78 is 0. The molecule has 1 aliphatic carbocycles. The zero-order valence-electron chi connectivity index (χ0n) is 9.51. The number of rotatable bonds is 2. The number of fused-ring (bicyclic) bond motifs is 2. The summed E-state index contributed by atoms with van der Waals surface area (Å²) in [6.45, 7) is 3.77. The molecule has 7 nitrogen and oxygen atoms in total. The lowest BCUT2D eigenvalue weighted by Gasteiger charge is -2.51. The zero-order chi connectivity index (χ0) is 12.8. The molecule has 0 aromatic carbocycles. The van der Waals surface area contributed by atoms with Crippen LogP contribution in [-0.4, -0.2) is 32.5 Å². The van der Waals surface area contributed by atoms with Crippen LogP contribution in [0.2, 0.25) is 0 Å². The lowest BCUT2D eigenvalue weighted by atomic mass is 9.63. The van der Waals surface area contributed by atoms with Gasteiger partial charge in [-0.3, -0.25) is 9.59 Å². The second kappa shape index (κ2) is 3.59. The van der Waals surface area contributed by atoms with Gasteiger partial charge in [0, 0.05) is 17.8 Å². The van der Waals surface area contributed by atoms with Crippen LogP contribution in [0.25, 0.3) is 0 Å². The smallest absolute Gasteiger partial charge is 0.291 e. The van der Waals surface area contributed by atoms with E-state index in [9.17, 15) is 9.59 Å². The van der Waals surface area contributed by atoms with E-state index in [1.165, 1.54) is 12.4 Å². The van der Waals surface area contributed by atoms with E-state index >= 15 is 0 Å². The van der Waals surface area contributed by atoms with Crippen LogP contribution in [-0.2, 0) is 4.79 Å². The van der Waals surface area contributed by atoms with Crippen molar-refractivity contribution in [3.63, 3.8) is 0 Å². The van der Waals surface area contributed by atoms with Crippen LogP contribution in [0.1, 0.15) is 23.5 Å². The first kappa shape index (κ1) is 10.8. The van der Waals surface area contributed by atoms with Gasteiger partial charge in [0.15, 0.2) is 0 Å². The maximum atomic E-state index is 11.9. The molecule has 0 unspecified atom stereocenters. The van der Waals surface area contributed by atoms with Gasteiger partial charge in [-0.25, -0.2) is 4.98 Å². The number of hydrogen-bond donors (Lipinski definition) is 2. The molecule has 2 N–H and O–H groups in total. The van der Waals surface area contributed by atoms with Crippen LogP contribution in [0.4, 0.5) is 0 Å². The second-order valence-corrected chi connectivity index (χ2v) is 4.59. The summed E-state index contributed by atoms with van der Waals surface area (Å²) >= 11 is 0. The van der Waals surface area contributed by atoms with E-state index in [1.54, 1.807) is 0 Å². The van der Waals surface area contributed by atoms with Gasteiger partial charge in [-0.1, -0.05) is 6.58 Å². The third kappa shape index (κ3) is 1.47. The fraction of sp³-hybridized carbons (Fsp3) is 0.364. The first-order valence-electron chi connectivity index (χ1n) is 5.57. The summed E-state index contributed by atoms with van der Waals surface area (Å²) in [5.74, 6) is -0.484. The molecule has 1 saturated carbocycles. The molecular weight excluding hydrogens is 234 g/mol. The van der Waals surface area contributed by atoms with Crippen LogP contribution < -0.4 is 10.6 Å². The van der Waals surface area contributed by atoms with Crippen molar-refractivity contribution in [1.82, 2.24) is 25.8 Å². The van der Waals surface area contributed by atoms with Crippen LogP contribution in [0.3, 0.4) is 0 Å². The van der Waals surface area contributed by atoms with Gasteiger partial charge in [-0.05, 0) is 12.8 Å². The Bertz CT molecular complexity index is 536. The van der Waals surface area contributed by atoms with Crippen LogP contribution in [0, 0.1) is 5.92 Å². The number of aromatic nitrogens is 3. The molecule has 0 spiro atoms. The molecule has 18 heavy (non-hydrogen) atoms. The largest absolute Gasteiger partial charge is 0.335 e. The summed E-state index contributed by atoms with van der Waals surface area (Å²) in [5.41, 5.74) is -0.101. The molecule has 0 radical (unpaired) electrons. The highest BCUT2D eigenvalue weighted by Gasteiger charge is 2.56. The van der Waals surface area contributed by atoms with Gasteiger partial charge in [0.2, 0.25) is 11.7 Å². The van der Waals surface area contributed by atoms with Gasteiger partial charge in [-0.15, -0.1) is 5.10 Å². The van der Waals surface area contributed by atoms with Crippen molar-refractivity contribution in [2.24, 2.45) is 5.92 Å². The molecule has 1 aromatic heterocycles. The number of nitrogens with one attached hydrogen (secondary N) is 2. The van der Waals surface area contributed by atoms with Crippen molar-refractivity contribution >= 4 is 11.8 Å². The fourth-order valence-corrected chi connectivity index (χ4v) is 2.36. The first-order valence-corrected chi connectivity index (χ1v) is 5.57. The standard InChI is InChI=1S/C11H11N5O2/c1-6-7-4-11(5-7,10(18)14-6)15-9(17)8-12-2-3-13-16-8/h2-3,7H,1,4-5H2,(H,14,18)(H,15,17). The molecule has 3 aliphatic rings. The third-order valence-corrected chi connectivity index (χ3v) is 3.43. The predicted octanol–water partition coefficient (Wildman–Crippen LogP) is -0.606. The van der Waals surface area contributed by atoms with Crippen LogP contribution in [0.15, 0.2) is 24.7 Å². The van der Waals surface area contributed by atoms with Gasteiger partial charge in [0.05, 0.1) is 6.20 Å². The lowest BCUT2D eigenvalue weighted by Crippen LogP contribution is -2.70. The average molecular weight is 245 g/mol. The van der Waals surface area contributed by atoms with Crippen molar-refractivity contribution in [1.29, 1.82) is 0 Å². The third-order valence-electron chi connectivity index (χ3n) is 3.43. The van der Waals surface area contributed by atoms with Crippen molar-refractivity contribution in [2.75, 3.05) is 0 Å². The Kier molecular flexibility index (Phi) is 2.16. The molecule has 4 rings (SSSR count). The van der Waals surface area contributed by atoms with E-state index in [1.807, 2.05) is 0 Å². The Balaban J connectivity index is 1.77. The average Bonchev–Trinajstić information content (AvgIpc) is 2.32. The Morgan fingerprint density at radius 3 is 2.89 bits per heavy atom. The number of amides is 2. The molecule has 2 aliphatic heterocycles. The fourth-order valence-electron chi connectivity index (χ4n) is 2.36. The van der Waals surface area contributed by atoms with Crippen LogP contribution >= 0.6 is 0 Å². The summed E-state index contributed by atoms with van der Waals surface area (Å²) in [6.07, 6.45) is 3.94. The summed E-state index contributed by atoms with van der Waals surface area (Å²) in [4.78, 5) is 27.6. The van der Waals surface area contributed by atoms with E-state index in [-0.39, 0.29) is 17.6 Å². The molecule has 0 atom stereocenters. The maximum Gasteiger partial charge on any atom is 0.291 e. The molecule has 2 bridgehead atoms. The molecule has 1 aromatic rings. The van der Waals surface area contributed by atoms with Crippen LogP contribution in [0.5, 0.6) is 0 Å². The Hall–Kier alpha value is -2.31. The highest BCUT2D eigenvalue weighted by molar-refractivity contribution is 5.99. The minimum absolute atomic E-state index is 0.0347. The minimum atomic E-state index is -0.831. The SMILES string of the molecule is C=C1NC(=O)C2(NC(=O)c3nccnn3)CC1C2. The highest BCUT2D eigenvalue weighted by atomic mass is 16.2. The summed E-state index contributed by atoms with van der Waals surface area (Å²) in [5, 5.41) is 12.6. The van der Waals surface area contributed by atoms with Gasteiger partial charge < -0.3 is 10.6 Å². The Labute approximate surface area is 103 Å². The van der Waals surface area contributed by atoms with Crippen molar-refractivity contribution in [2.45, 2.75) is 18.4 Å². The normalized spacial score (nSPS) is 29.2. The molecule has 3 fully saturated rings. The molecule has 2 saturated heterocycles. The van der Waals surface area contributed by atoms with Gasteiger partial charge in [0.25, 0.3) is 5.91 Å². The van der Waals surface area contributed by atoms with E-state index in [4.69, 9.17) is 0 Å². The van der Waals surface area contributed by atoms with E-state index in [2.05, 4.69) is 32.4 Å². The Morgan fingerprint density at radius 2 is 2.28 bits per heavy atom. The summed E-state index contributed by atoms with van der Waals surface area (Å²) in [6, 6.07) is 0. The first-order chi connectivity index (χ1) is 8.61. The number of carbonyl (C=O) groups excluding carboxylic acids is 2. The monoisotopic (exact) mass is 245 g/mol. The highest BCUT2D eigenvalue weighted by Crippen LogP contribution is 2.45.